The molecule has 1 aliphatic heterocycles. The van der Waals surface area contributed by atoms with Gasteiger partial charge in [-0.3, -0.25) is 4.79 Å². The van der Waals surface area contributed by atoms with Crippen LogP contribution in [0.2, 0.25) is 0 Å². The van der Waals surface area contributed by atoms with Crippen molar-refractivity contribution in [1.29, 1.82) is 5.26 Å². The molecule has 178 valence electrons. The topological polar surface area (TPSA) is 137 Å². The van der Waals surface area contributed by atoms with E-state index in [1.54, 1.807) is 4.90 Å². The van der Waals surface area contributed by atoms with E-state index in [-0.39, 0.29) is 10.0 Å². The van der Waals surface area contributed by atoms with Crippen molar-refractivity contribution in [3.8, 4) is 11.2 Å². The van der Waals surface area contributed by atoms with Gasteiger partial charge in [-0.25, -0.2) is 21.9 Å². The normalized spacial score (nSPS) is 17.8. The molecule has 1 saturated carbocycles. The number of aromatic nitrogens is 4. The number of halogens is 2. The molecule has 1 saturated heterocycles. The van der Waals surface area contributed by atoms with E-state index in [9.17, 15) is 27.3 Å². The predicted molar refractivity (Wildman–Crippen MR) is 117 cm³/mol. The number of fused-ring (bicyclic) bond motifs is 1. The van der Waals surface area contributed by atoms with E-state index in [2.05, 4.69) is 20.0 Å². The van der Waals surface area contributed by atoms with Gasteiger partial charge in [0.2, 0.25) is 21.6 Å². The standard InChI is InChI=1S/C19H18F2N8O3S2/c20-16(21)17-24-25-18(33-17)29-15-8-12(34(31,32)26-19(10-22)1-2-19)7-14(13(15)9-23-29)28-5-3-27(11-30)4-6-28/h7-9,11,16,26H,1-6H2. The summed E-state index contributed by atoms with van der Waals surface area (Å²) < 4.78 is 56.2. The number of amides is 1. The zero-order valence-corrected chi connectivity index (χ0v) is 19.2. The van der Waals surface area contributed by atoms with E-state index in [1.807, 2.05) is 11.0 Å². The van der Waals surface area contributed by atoms with Crippen LogP contribution in [0.4, 0.5) is 14.5 Å². The Morgan fingerprint density at radius 2 is 1.94 bits per heavy atom. The second-order valence-corrected chi connectivity index (χ2v) is 10.8. The molecule has 0 radical (unpaired) electrons. The Hall–Kier alpha value is -3.22. The Kier molecular flexibility index (Phi) is 5.46. The van der Waals surface area contributed by atoms with Crippen LogP contribution >= 0.6 is 11.3 Å². The Morgan fingerprint density at radius 3 is 2.53 bits per heavy atom. The summed E-state index contributed by atoms with van der Waals surface area (Å²) in [5.41, 5.74) is -0.209. The first-order valence-electron chi connectivity index (χ1n) is 10.3. The largest absolute Gasteiger partial charge is 0.367 e. The van der Waals surface area contributed by atoms with Crippen molar-refractivity contribution in [3.63, 3.8) is 0 Å². The molecule has 3 heterocycles. The van der Waals surface area contributed by atoms with Crippen molar-refractivity contribution in [2.24, 2.45) is 0 Å². The average Bonchev–Trinajstić information content (AvgIpc) is 3.22. The fraction of sp³-hybridized carbons (Fsp3) is 0.421. The predicted octanol–water partition coefficient (Wildman–Crippen LogP) is 1.43. The van der Waals surface area contributed by atoms with Crippen LogP contribution in [0.25, 0.3) is 16.0 Å². The number of nitriles is 1. The van der Waals surface area contributed by atoms with E-state index >= 15 is 0 Å². The number of carbonyl (C=O) groups excluding carboxylic acids is 1. The van der Waals surface area contributed by atoms with E-state index in [4.69, 9.17) is 0 Å². The Labute approximate surface area is 196 Å². The number of hydrogen-bond acceptors (Lipinski definition) is 9. The molecule has 1 amide bonds. The number of alkyl halides is 2. The number of benzene rings is 1. The summed E-state index contributed by atoms with van der Waals surface area (Å²) in [5, 5.41) is 21.1. The van der Waals surface area contributed by atoms with Crippen molar-refractivity contribution in [2.45, 2.75) is 29.7 Å². The third kappa shape index (κ3) is 3.97. The lowest BCUT2D eigenvalue weighted by molar-refractivity contribution is -0.118. The first-order chi connectivity index (χ1) is 16.2. The molecule has 2 aliphatic rings. The van der Waals surface area contributed by atoms with Gasteiger partial charge in [0.05, 0.1) is 22.7 Å². The highest BCUT2D eigenvalue weighted by Gasteiger charge is 2.47. The molecule has 1 aliphatic carbocycles. The van der Waals surface area contributed by atoms with Gasteiger partial charge >= 0.3 is 0 Å². The molecular formula is C19H18F2N8O3S2. The third-order valence-electron chi connectivity index (χ3n) is 5.85. The smallest absolute Gasteiger partial charge is 0.291 e. The van der Waals surface area contributed by atoms with Gasteiger partial charge in [-0.15, -0.1) is 10.2 Å². The maximum Gasteiger partial charge on any atom is 0.291 e. The number of carbonyl (C=O) groups is 1. The van der Waals surface area contributed by atoms with Crippen molar-refractivity contribution < 1.29 is 22.0 Å². The zero-order chi connectivity index (χ0) is 24.1. The quantitative estimate of drug-likeness (QED) is 0.473. The molecular weight excluding hydrogens is 490 g/mol. The fourth-order valence-electron chi connectivity index (χ4n) is 3.80. The number of nitrogens with one attached hydrogen (secondary N) is 1. The molecule has 2 fully saturated rings. The molecule has 34 heavy (non-hydrogen) atoms. The van der Waals surface area contributed by atoms with Crippen LogP contribution in [0.1, 0.15) is 24.3 Å². The molecule has 2 aromatic heterocycles. The van der Waals surface area contributed by atoms with Crippen LogP contribution in [-0.2, 0) is 14.8 Å². The van der Waals surface area contributed by atoms with Crippen LogP contribution < -0.4 is 9.62 Å². The van der Waals surface area contributed by atoms with Crippen molar-refractivity contribution in [2.75, 3.05) is 31.1 Å². The lowest BCUT2D eigenvalue weighted by atomic mass is 10.2. The van der Waals surface area contributed by atoms with Gasteiger partial charge < -0.3 is 9.80 Å². The van der Waals surface area contributed by atoms with Crippen LogP contribution in [0.5, 0.6) is 0 Å². The molecule has 0 spiro atoms. The molecule has 15 heteroatoms. The summed E-state index contributed by atoms with van der Waals surface area (Å²) in [4.78, 5) is 14.6. The molecule has 0 unspecified atom stereocenters. The van der Waals surface area contributed by atoms with Gasteiger partial charge in [-0.05, 0) is 25.0 Å². The average molecular weight is 509 g/mol. The number of sulfonamides is 1. The van der Waals surface area contributed by atoms with Gasteiger partial charge in [0, 0.05) is 37.3 Å². The van der Waals surface area contributed by atoms with E-state index in [0.717, 1.165) is 6.41 Å². The lowest BCUT2D eigenvalue weighted by Gasteiger charge is -2.34. The van der Waals surface area contributed by atoms with Crippen molar-refractivity contribution in [3.05, 3.63) is 23.3 Å². The number of nitrogens with zero attached hydrogens (tertiary/aromatic N) is 7. The fourth-order valence-corrected chi connectivity index (χ4v) is 5.89. The summed E-state index contributed by atoms with van der Waals surface area (Å²) >= 11 is 0.656. The second-order valence-electron chi connectivity index (χ2n) is 8.08. The highest BCUT2D eigenvalue weighted by Crippen LogP contribution is 2.38. The molecule has 0 bridgehead atoms. The minimum absolute atomic E-state index is 0.0696. The van der Waals surface area contributed by atoms with E-state index < -0.39 is 27.0 Å². The van der Waals surface area contributed by atoms with Gasteiger partial charge in [-0.1, -0.05) is 11.3 Å². The SMILES string of the molecule is N#CC1(NS(=O)(=O)c2cc(N3CCN(C=O)CC3)c3cnn(-c4nnc(C(F)F)s4)c3c2)CC1. The van der Waals surface area contributed by atoms with Crippen LogP contribution in [0.3, 0.4) is 0 Å². The number of rotatable bonds is 7. The maximum absolute atomic E-state index is 13.2. The van der Waals surface area contributed by atoms with Crippen LogP contribution in [0, 0.1) is 11.3 Å². The second kappa shape index (κ2) is 8.22. The summed E-state index contributed by atoms with van der Waals surface area (Å²) in [6.45, 7) is 1.85. The van der Waals surface area contributed by atoms with Crippen LogP contribution in [0.15, 0.2) is 23.2 Å². The lowest BCUT2D eigenvalue weighted by Crippen LogP contribution is -2.45. The van der Waals surface area contributed by atoms with Gasteiger partial charge in [0.25, 0.3) is 6.43 Å². The maximum atomic E-state index is 13.2. The Morgan fingerprint density at radius 1 is 1.21 bits per heavy atom. The molecule has 5 rings (SSSR count). The number of hydrogen-bond donors (Lipinski definition) is 1. The number of anilines is 1. The Bertz CT molecular complexity index is 1400. The summed E-state index contributed by atoms with van der Waals surface area (Å²) in [6, 6.07) is 4.89. The van der Waals surface area contributed by atoms with Crippen LogP contribution in [-0.4, -0.2) is 71.4 Å². The highest BCUT2D eigenvalue weighted by atomic mass is 32.2. The third-order valence-corrected chi connectivity index (χ3v) is 8.27. The molecule has 3 aromatic rings. The monoisotopic (exact) mass is 508 g/mol. The summed E-state index contributed by atoms with van der Waals surface area (Å²) in [5.74, 6) is 0. The molecule has 1 N–H and O–H groups in total. The first-order valence-corrected chi connectivity index (χ1v) is 12.6. The van der Waals surface area contributed by atoms with Gasteiger partial charge in [0.15, 0.2) is 5.01 Å². The minimum atomic E-state index is -4.08. The van der Waals surface area contributed by atoms with Crippen molar-refractivity contribution >= 4 is 44.4 Å². The molecule has 0 atom stereocenters. The summed E-state index contributed by atoms with van der Waals surface area (Å²) in [6.07, 6.45) is 0.332. The highest BCUT2D eigenvalue weighted by molar-refractivity contribution is 7.89. The summed E-state index contributed by atoms with van der Waals surface area (Å²) in [7, 11) is -4.08. The zero-order valence-electron chi connectivity index (χ0n) is 17.6. The van der Waals surface area contributed by atoms with Gasteiger partial charge in [0.1, 0.15) is 5.54 Å². The molecule has 11 nitrogen and oxygen atoms in total. The van der Waals surface area contributed by atoms with E-state index in [1.165, 1.54) is 23.0 Å². The van der Waals surface area contributed by atoms with E-state index in [0.29, 0.717) is 66.9 Å². The number of piperazine rings is 1. The first kappa shape index (κ1) is 22.6. The molecule has 1 aromatic carbocycles. The Balaban J connectivity index is 1.63. The van der Waals surface area contributed by atoms with Gasteiger partial charge in [-0.2, -0.15) is 15.1 Å². The van der Waals surface area contributed by atoms with Crippen molar-refractivity contribution in [1.82, 2.24) is 29.6 Å². The minimum Gasteiger partial charge on any atom is -0.367 e.